The van der Waals surface area contributed by atoms with Crippen molar-refractivity contribution < 1.29 is 19.1 Å². The number of carbonyl (C=O) groups is 3. The number of carbonyl (C=O) groups excluding carboxylic acids is 3. The first-order valence-electron chi connectivity index (χ1n) is 10.2. The first-order chi connectivity index (χ1) is 14.6. The monoisotopic (exact) mass is 409 g/mol. The number of para-hydroxylation sites is 1. The van der Waals surface area contributed by atoms with Gasteiger partial charge in [-0.3, -0.25) is 14.4 Å². The largest absolute Gasteiger partial charge is 0.484 e. The zero-order valence-electron chi connectivity index (χ0n) is 16.9. The third-order valence-corrected chi connectivity index (χ3v) is 4.87. The van der Waals surface area contributed by atoms with Crippen LogP contribution in [0, 0.1) is 0 Å². The zero-order valence-corrected chi connectivity index (χ0v) is 16.9. The van der Waals surface area contributed by atoms with Crippen LogP contribution in [0.4, 0.5) is 0 Å². The summed E-state index contributed by atoms with van der Waals surface area (Å²) in [6, 6.07) is 16.3. The topological polar surface area (TPSA) is 87.7 Å². The van der Waals surface area contributed by atoms with Gasteiger partial charge in [0.1, 0.15) is 5.75 Å². The molecule has 2 N–H and O–H groups in total. The van der Waals surface area contributed by atoms with Crippen LogP contribution in [-0.4, -0.2) is 48.9 Å². The van der Waals surface area contributed by atoms with Gasteiger partial charge in [-0.1, -0.05) is 30.3 Å². The van der Waals surface area contributed by atoms with Crippen molar-refractivity contribution >= 4 is 17.7 Å². The number of piperidine rings is 1. The Morgan fingerprint density at radius 3 is 2.40 bits per heavy atom. The first kappa shape index (κ1) is 21.4. The fraction of sp³-hybridized carbons (Fsp3) is 0.348. The van der Waals surface area contributed by atoms with Crippen LogP contribution in [0.5, 0.6) is 5.75 Å². The standard InChI is InChI=1S/C23H27N3O4/c27-21(16-25-22(28)17-30-20-10-3-1-4-11-20)24-15-18-8-7-9-19(14-18)23(29)26-12-5-2-6-13-26/h1,3-4,7-11,14H,2,5-6,12-13,15-17H2,(H,24,27)(H,25,28). The lowest BCUT2D eigenvalue weighted by Crippen LogP contribution is -2.38. The number of likely N-dealkylation sites (tertiary alicyclic amines) is 1. The highest BCUT2D eigenvalue weighted by Crippen LogP contribution is 2.14. The molecule has 0 radical (unpaired) electrons. The molecule has 7 nitrogen and oxygen atoms in total. The second-order valence-corrected chi connectivity index (χ2v) is 7.21. The van der Waals surface area contributed by atoms with E-state index in [1.807, 2.05) is 41.3 Å². The molecule has 158 valence electrons. The lowest BCUT2D eigenvalue weighted by atomic mass is 10.1. The SMILES string of the molecule is O=C(CNC(=O)COc1ccccc1)NCc1cccc(C(=O)N2CCCCC2)c1. The third kappa shape index (κ3) is 6.62. The van der Waals surface area contributed by atoms with Gasteiger partial charge in [-0.05, 0) is 49.1 Å². The number of nitrogens with zero attached hydrogens (tertiary/aromatic N) is 1. The van der Waals surface area contributed by atoms with Gasteiger partial charge in [0, 0.05) is 25.2 Å². The van der Waals surface area contributed by atoms with Crippen molar-refractivity contribution in [3.05, 3.63) is 65.7 Å². The maximum Gasteiger partial charge on any atom is 0.258 e. The maximum absolute atomic E-state index is 12.6. The van der Waals surface area contributed by atoms with Crippen molar-refractivity contribution in [2.75, 3.05) is 26.2 Å². The molecule has 0 aromatic heterocycles. The summed E-state index contributed by atoms with van der Waals surface area (Å²) >= 11 is 0. The van der Waals surface area contributed by atoms with Crippen molar-refractivity contribution in [2.24, 2.45) is 0 Å². The lowest BCUT2D eigenvalue weighted by molar-refractivity contribution is -0.127. The van der Waals surface area contributed by atoms with Gasteiger partial charge in [0.15, 0.2) is 6.61 Å². The van der Waals surface area contributed by atoms with E-state index in [1.54, 1.807) is 18.2 Å². The van der Waals surface area contributed by atoms with Crippen LogP contribution in [0.1, 0.15) is 35.2 Å². The second kappa shape index (κ2) is 11.0. The number of nitrogens with one attached hydrogen (secondary N) is 2. The van der Waals surface area contributed by atoms with Crippen molar-refractivity contribution in [1.29, 1.82) is 0 Å². The highest BCUT2D eigenvalue weighted by Gasteiger charge is 2.18. The lowest BCUT2D eigenvalue weighted by Gasteiger charge is -2.26. The van der Waals surface area contributed by atoms with Gasteiger partial charge in [-0.15, -0.1) is 0 Å². The Kier molecular flexibility index (Phi) is 7.83. The van der Waals surface area contributed by atoms with Crippen molar-refractivity contribution in [3.63, 3.8) is 0 Å². The molecule has 1 heterocycles. The van der Waals surface area contributed by atoms with Gasteiger partial charge in [-0.2, -0.15) is 0 Å². The molecule has 0 bridgehead atoms. The first-order valence-corrected chi connectivity index (χ1v) is 10.2. The average Bonchev–Trinajstić information content (AvgIpc) is 2.81. The van der Waals surface area contributed by atoms with Gasteiger partial charge in [0.2, 0.25) is 5.91 Å². The van der Waals surface area contributed by atoms with E-state index in [0.717, 1.165) is 31.5 Å². The van der Waals surface area contributed by atoms with Crippen molar-refractivity contribution in [1.82, 2.24) is 15.5 Å². The molecule has 0 spiro atoms. The van der Waals surface area contributed by atoms with E-state index in [1.165, 1.54) is 6.42 Å². The Bertz CT molecular complexity index is 864. The van der Waals surface area contributed by atoms with Crippen LogP contribution in [-0.2, 0) is 16.1 Å². The Hall–Kier alpha value is -3.35. The van der Waals surface area contributed by atoms with Gasteiger partial charge < -0.3 is 20.3 Å². The number of hydrogen-bond donors (Lipinski definition) is 2. The zero-order chi connectivity index (χ0) is 21.2. The van der Waals surface area contributed by atoms with E-state index in [4.69, 9.17) is 4.74 Å². The van der Waals surface area contributed by atoms with Crippen LogP contribution in [0.3, 0.4) is 0 Å². The van der Waals surface area contributed by atoms with Crippen molar-refractivity contribution in [3.8, 4) is 5.75 Å². The minimum Gasteiger partial charge on any atom is -0.484 e. The molecule has 3 amide bonds. The molecule has 0 saturated carbocycles. The highest BCUT2D eigenvalue weighted by atomic mass is 16.5. The number of hydrogen-bond acceptors (Lipinski definition) is 4. The summed E-state index contributed by atoms with van der Waals surface area (Å²) in [6.45, 7) is 1.60. The number of benzene rings is 2. The summed E-state index contributed by atoms with van der Waals surface area (Å²) < 4.78 is 5.34. The predicted molar refractivity (Wildman–Crippen MR) is 113 cm³/mol. The normalized spacial score (nSPS) is 13.4. The molecule has 1 aliphatic heterocycles. The molecule has 0 unspecified atom stereocenters. The van der Waals surface area contributed by atoms with Gasteiger partial charge in [0.05, 0.1) is 6.54 Å². The molecule has 0 atom stereocenters. The molecule has 1 aliphatic rings. The molecule has 7 heteroatoms. The van der Waals surface area contributed by atoms with Crippen LogP contribution in [0.15, 0.2) is 54.6 Å². The van der Waals surface area contributed by atoms with E-state index >= 15 is 0 Å². The fourth-order valence-electron chi connectivity index (χ4n) is 3.25. The minimum atomic E-state index is -0.372. The fourth-order valence-corrected chi connectivity index (χ4v) is 3.25. The molecule has 1 saturated heterocycles. The van der Waals surface area contributed by atoms with Crippen molar-refractivity contribution in [2.45, 2.75) is 25.8 Å². The van der Waals surface area contributed by atoms with E-state index < -0.39 is 0 Å². The molecule has 2 aromatic rings. The molecule has 1 fully saturated rings. The summed E-state index contributed by atoms with van der Waals surface area (Å²) in [6.07, 6.45) is 3.26. The van der Waals surface area contributed by atoms with Gasteiger partial charge in [0.25, 0.3) is 11.8 Å². The summed E-state index contributed by atoms with van der Waals surface area (Å²) in [4.78, 5) is 38.3. The summed E-state index contributed by atoms with van der Waals surface area (Å²) in [5.41, 5.74) is 1.47. The summed E-state index contributed by atoms with van der Waals surface area (Å²) in [7, 11) is 0. The average molecular weight is 409 g/mol. The van der Waals surface area contributed by atoms with E-state index in [9.17, 15) is 14.4 Å². The molecular formula is C23H27N3O4. The maximum atomic E-state index is 12.6. The van der Waals surface area contributed by atoms with Crippen LogP contribution < -0.4 is 15.4 Å². The quantitative estimate of drug-likeness (QED) is 0.699. The molecular weight excluding hydrogens is 382 g/mol. The second-order valence-electron chi connectivity index (χ2n) is 7.21. The molecule has 30 heavy (non-hydrogen) atoms. The van der Waals surface area contributed by atoms with Gasteiger partial charge >= 0.3 is 0 Å². The number of amides is 3. The molecule has 2 aromatic carbocycles. The van der Waals surface area contributed by atoms with E-state index in [0.29, 0.717) is 11.3 Å². The van der Waals surface area contributed by atoms with Gasteiger partial charge in [-0.25, -0.2) is 0 Å². The number of rotatable bonds is 8. The minimum absolute atomic E-state index is 0.0357. The third-order valence-electron chi connectivity index (χ3n) is 4.87. The highest BCUT2D eigenvalue weighted by molar-refractivity contribution is 5.94. The Morgan fingerprint density at radius 2 is 1.63 bits per heavy atom. The Balaban J connectivity index is 1.40. The van der Waals surface area contributed by atoms with E-state index in [-0.39, 0.29) is 37.4 Å². The Morgan fingerprint density at radius 1 is 0.867 bits per heavy atom. The molecule has 3 rings (SSSR count). The van der Waals surface area contributed by atoms with E-state index in [2.05, 4.69) is 10.6 Å². The number of ether oxygens (including phenoxy) is 1. The van der Waals surface area contributed by atoms with Crippen LogP contribution in [0.2, 0.25) is 0 Å². The predicted octanol–water partition coefficient (Wildman–Crippen LogP) is 2.12. The molecule has 0 aliphatic carbocycles. The summed E-state index contributed by atoms with van der Waals surface area (Å²) in [5, 5.41) is 5.28. The van der Waals surface area contributed by atoms with Crippen LogP contribution in [0.25, 0.3) is 0 Å². The smallest absolute Gasteiger partial charge is 0.258 e. The van der Waals surface area contributed by atoms with Crippen LogP contribution >= 0.6 is 0 Å². The summed E-state index contributed by atoms with van der Waals surface area (Å²) in [5.74, 6) is -0.0522. The Labute approximate surface area is 176 Å².